The van der Waals surface area contributed by atoms with Gasteiger partial charge in [-0.05, 0) is 50.3 Å². The number of aryl methyl sites for hydroxylation is 1. The molecule has 2 aromatic rings. The van der Waals surface area contributed by atoms with E-state index in [1.807, 2.05) is 25.1 Å². The van der Waals surface area contributed by atoms with Gasteiger partial charge in [0.05, 0.1) is 16.4 Å². The summed E-state index contributed by atoms with van der Waals surface area (Å²) in [5.41, 5.74) is 2.36. The highest BCUT2D eigenvalue weighted by Gasteiger charge is 2.51. The van der Waals surface area contributed by atoms with E-state index in [0.29, 0.717) is 6.04 Å². The van der Waals surface area contributed by atoms with E-state index >= 15 is 0 Å². The van der Waals surface area contributed by atoms with Crippen LogP contribution >= 0.6 is 0 Å². The van der Waals surface area contributed by atoms with Gasteiger partial charge in [-0.15, -0.1) is 0 Å². The molecule has 2 aliphatic carbocycles. The number of nitrogens with zero attached hydrogens (tertiary/aromatic N) is 2. The molecule has 1 N–H and O–H groups in total. The van der Waals surface area contributed by atoms with E-state index in [2.05, 4.69) is 9.55 Å². The van der Waals surface area contributed by atoms with Crippen LogP contribution in [0.3, 0.4) is 0 Å². The summed E-state index contributed by atoms with van der Waals surface area (Å²) in [5, 5.41) is 9.36. The molecule has 4 nitrogen and oxygen atoms in total. The van der Waals surface area contributed by atoms with Gasteiger partial charge in [0.25, 0.3) is 0 Å². The first kappa shape index (κ1) is 11.0. The van der Waals surface area contributed by atoms with Gasteiger partial charge >= 0.3 is 5.97 Å². The number of hydrogen-bond acceptors (Lipinski definition) is 2. The topological polar surface area (TPSA) is 55.1 Å². The Hall–Kier alpha value is -1.84. The van der Waals surface area contributed by atoms with Crippen LogP contribution in [0.25, 0.3) is 11.0 Å². The maximum Gasteiger partial charge on any atom is 0.314 e. The van der Waals surface area contributed by atoms with Crippen LogP contribution in [0.5, 0.6) is 0 Å². The molecule has 2 saturated carbocycles. The van der Waals surface area contributed by atoms with Crippen molar-refractivity contribution < 1.29 is 9.90 Å². The Morgan fingerprint density at radius 2 is 2.16 bits per heavy atom. The zero-order chi connectivity index (χ0) is 13.2. The minimum Gasteiger partial charge on any atom is -0.481 e. The van der Waals surface area contributed by atoms with Crippen molar-refractivity contribution in [3.63, 3.8) is 0 Å². The molecule has 98 valence electrons. The van der Waals surface area contributed by atoms with Gasteiger partial charge in [0.2, 0.25) is 0 Å². The molecular weight excluding hydrogens is 240 g/mol. The largest absolute Gasteiger partial charge is 0.481 e. The van der Waals surface area contributed by atoms with E-state index in [1.54, 1.807) is 0 Å². The fourth-order valence-corrected chi connectivity index (χ4v) is 3.06. The number of carboxylic acids is 1. The highest BCUT2D eigenvalue weighted by Crippen LogP contribution is 2.49. The molecule has 2 aliphatic rings. The lowest BCUT2D eigenvalue weighted by molar-refractivity contribution is -0.140. The quantitative estimate of drug-likeness (QED) is 0.918. The van der Waals surface area contributed by atoms with Crippen LogP contribution in [0.15, 0.2) is 18.2 Å². The van der Waals surface area contributed by atoms with Crippen LogP contribution in [-0.4, -0.2) is 20.6 Å². The van der Waals surface area contributed by atoms with E-state index in [1.165, 1.54) is 12.8 Å². The minimum atomic E-state index is -0.704. The third-order valence-electron chi connectivity index (χ3n) is 4.49. The van der Waals surface area contributed by atoms with Crippen molar-refractivity contribution in [2.75, 3.05) is 0 Å². The maximum atomic E-state index is 11.4. The number of aromatic nitrogens is 2. The second-order valence-electron chi connectivity index (χ2n) is 5.85. The molecule has 2 fully saturated rings. The van der Waals surface area contributed by atoms with Gasteiger partial charge in [0.15, 0.2) is 0 Å². The number of rotatable bonds is 3. The van der Waals surface area contributed by atoms with Gasteiger partial charge in [0, 0.05) is 6.04 Å². The predicted molar refractivity (Wildman–Crippen MR) is 71.3 cm³/mol. The van der Waals surface area contributed by atoms with Gasteiger partial charge < -0.3 is 9.67 Å². The SMILES string of the molecule is Cc1nc2cc(C3(C(=O)O)CC3)ccc2n1C1CC1. The Kier molecular flexibility index (Phi) is 1.96. The summed E-state index contributed by atoms with van der Waals surface area (Å²) in [6, 6.07) is 6.60. The van der Waals surface area contributed by atoms with E-state index in [-0.39, 0.29) is 0 Å². The Morgan fingerprint density at radius 3 is 2.74 bits per heavy atom. The molecule has 0 atom stereocenters. The number of aliphatic carboxylic acids is 1. The van der Waals surface area contributed by atoms with E-state index in [4.69, 9.17) is 0 Å². The molecule has 0 aliphatic heterocycles. The first-order valence-electron chi connectivity index (χ1n) is 6.84. The number of imidazole rings is 1. The lowest BCUT2D eigenvalue weighted by atomic mass is 9.96. The fourth-order valence-electron chi connectivity index (χ4n) is 3.06. The third-order valence-corrected chi connectivity index (χ3v) is 4.49. The van der Waals surface area contributed by atoms with Gasteiger partial charge in [-0.25, -0.2) is 4.98 Å². The van der Waals surface area contributed by atoms with E-state index in [9.17, 15) is 9.90 Å². The van der Waals surface area contributed by atoms with Gasteiger partial charge in [-0.1, -0.05) is 6.07 Å². The summed E-state index contributed by atoms with van der Waals surface area (Å²) in [4.78, 5) is 16.0. The Balaban J connectivity index is 1.87. The lowest BCUT2D eigenvalue weighted by Crippen LogP contribution is -2.19. The average molecular weight is 256 g/mol. The second kappa shape index (κ2) is 3.38. The normalized spacial score (nSPS) is 20.7. The molecule has 0 saturated heterocycles. The molecule has 0 bridgehead atoms. The van der Waals surface area contributed by atoms with Crippen molar-refractivity contribution in [1.82, 2.24) is 9.55 Å². The highest BCUT2D eigenvalue weighted by atomic mass is 16.4. The molecule has 0 radical (unpaired) electrons. The molecule has 4 heteroatoms. The molecule has 1 heterocycles. The van der Waals surface area contributed by atoms with Crippen LogP contribution in [0.1, 0.15) is 43.1 Å². The van der Waals surface area contributed by atoms with Crippen molar-refractivity contribution in [2.24, 2.45) is 0 Å². The van der Waals surface area contributed by atoms with Crippen molar-refractivity contribution in [1.29, 1.82) is 0 Å². The van der Waals surface area contributed by atoms with Crippen LogP contribution in [0, 0.1) is 6.92 Å². The third kappa shape index (κ3) is 1.46. The molecule has 1 aromatic heterocycles. The number of hydrogen-bond donors (Lipinski definition) is 1. The van der Waals surface area contributed by atoms with Crippen molar-refractivity contribution in [3.05, 3.63) is 29.6 Å². The number of benzene rings is 1. The first-order valence-corrected chi connectivity index (χ1v) is 6.84. The molecule has 1 aromatic carbocycles. The molecule has 0 amide bonds. The first-order chi connectivity index (χ1) is 9.12. The number of fused-ring (bicyclic) bond motifs is 1. The van der Waals surface area contributed by atoms with Gasteiger partial charge in [-0.3, -0.25) is 4.79 Å². The highest BCUT2D eigenvalue weighted by molar-refractivity contribution is 5.87. The predicted octanol–water partition coefficient (Wildman–Crippen LogP) is 2.80. The van der Waals surface area contributed by atoms with Crippen molar-refractivity contribution in [2.45, 2.75) is 44.1 Å². The Morgan fingerprint density at radius 1 is 1.42 bits per heavy atom. The minimum absolute atomic E-state index is 0.602. The summed E-state index contributed by atoms with van der Waals surface area (Å²) in [7, 11) is 0. The van der Waals surface area contributed by atoms with E-state index < -0.39 is 11.4 Å². The molecule has 0 spiro atoms. The van der Waals surface area contributed by atoms with Crippen LogP contribution in [0.4, 0.5) is 0 Å². The Bertz CT molecular complexity index is 693. The zero-order valence-corrected chi connectivity index (χ0v) is 10.9. The molecule has 0 unspecified atom stereocenters. The number of carbonyl (C=O) groups is 1. The van der Waals surface area contributed by atoms with E-state index in [0.717, 1.165) is 35.3 Å². The Labute approximate surface area is 111 Å². The van der Waals surface area contributed by atoms with Crippen molar-refractivity contribution >= 4 is 17.0 Å². The van der Waals surface area contributed by atoms with Crippen LogP contribution < -0.4 is 0 Å². The molecule has 19 heavy (non-hydrogen) atoms. The summed E-state index contributed by atoms with van der Waals surface area (Å²) in [6.07, 6.45) is 3.95. The monoisotopic (exact) mass is 256 g/mol. The molecule has 4 rings (SSSR count). The molecular formula is C15H16N2O2. The average Bonchev–Trinajstić information content (AvgIpc) is 3.24. The summed E-state index contributed by atoms with van der Waals surface area (Å²) in [6.45, 7) is 2.03. The zero-order valence-electron chi connectivity index (χ0n) is 10.9. The van der Waals surface area contributed by atoms with Crippen LogP contribution in [0.2, 0.25) is 0 Å². The number of carboxylic acid groups (broad SMARTS) is 1. The smallest absolute Gasteiger partial charge is 0.314 e. The maximum absolute atomic E-state index is 11.4. The summed E-state index contributed by atoms with van der Waals surface area (Å²) in [5.74, 6) is 0.333. The summed E-state index contributed by atoms with van der Waals surface area (Å²) >= 11 is 0. The second-order valence-corrected chi connectivity index (χ2v) is 5.85. The lowest BCUT2D eigenvalue weighted by Gasteiger charge is -2.10. The standard InChI is InChI=1S/C15H16N2O2/c1-9-16-12-8-10(15(6-7-15)14(18)19)2-5-13(12)17(9)11-3-4-11/h2,5,8,11H,3-4,6-7H2,1H3,(H,18,19). The fraction of sp³-hybridized carbons (Fsp3) is 0.467. The van der Waals surface area contributed by atoms with Gasteiger partial charge in [0.1, 0.15) is 5.82 Å². The summed E-state index contributed by atoms with van der Waals surface area (Å²) < 4.78 is 2.29. The van der Waals surface area contributed by atoms with Crippen LogP contribution in [-0.2, 0) is 10.2 Å². The van der Waals surface area contributed by atoms with Gasteiger partial charge in [-0.2, -0.15) is 0 Å². The van der Waals surface area contributed by atoms with Crippen molar-refractivity contribution in [3.8, 4) is 0 Å².